The Labute approximate surface area is 239 Å². The van der Waals surface area contributed by atoms with Crippen LogP contribution in [0.4, 0.5) is 5.69 Å². The van der Waals surface area contributed by atoms with Crippen molar-refractivity contribution in [2.75, 3.05) is 5.32 Å². The number of carbonyl (C=O) groups is 2. The predicted octanol–water partition coefficient (Wildman–Crippen LogP) is 7.94. The Kier molecular flexibility index (Phi) is 6.66. The normalized spacial score (nSPS) is 25.8. The summed E-state index contributed by atoms with van der Waals surface area (Å²) < 4.78 is 9.04. The van der Waals surface area contributed by atoms with Crippen LogP contribution in [0, 0.1) is 17.8 Å². The van der Waals surface area contributed by atoms with Crippen LogP contribution in [0.2, 0.25) is 10.0 Å². The van der Waals surface area contributed by atoms with Gasteiger partial charge in [-0.25, -0.2) is 4.79 Å². The first-order chi connectivity index (χ1) is 18.1. The molecular formula is C28H24Cl4N2O4. The van der Waals surface area contributed by atoms with E-state index in [0.717, 1.165) is 19.3 Å². The van der Waals surface area contributed by atoms with Crippen LogP contribution in [-0.4, -0.2) is 27.0 Å². The number of benzene rings is 2. The molecule has 4 bridgehead atoms. The quantitative estimate of drug-likeness (QED) is 0.178. The van der Waals surface area contributed by atoms with Gasteiger partial charge in [-0.05, 0) is 80.5 Å². The van der Waals surface area contributed by atoms with E-state index in [4.69, 9.17) is 55.7 Å². The van der Waals surface area contributed by atoms with E-state index in [-0.39, 0.29) is 0 Å². The Balaban J connectivity index is 1.16. The molecule has 0 unspecified atom stereocenters. The first-order valence-electron chi connectivity index (χ1n) is 12.6. The number of alkyl halides is 2. The third kappa shape index (κ3) is 4.81. The van der Waals surface area contributed by atoms with Crippen LogP contribution in [0.15, 0.2) is 53.1 Å². The largest absolute Gasteiger partial charge is 0.456 e. The van der Waals surface area contributed by atoms with Crippen LogP contribution in [0.3, 0.4) is 0 Å². The molecule has 7 rings (SSSR count). The first kappa shape index (κ1) is 26.0. The van der Waals surface area contributed by atoms with Gasteiger partial charge >= 0.3 is 5.97 Å². The number of amides is 1. The van der Waals surface area contributed by atoms with Crippen molar-refractivity contribution < 1.29 is 18.8 Å². The van der Waals surface area contributed by atoms with Gasteiger partial charge in [0.1, 0.15) is 11.3 Å². The van der Waals surface area contributed by atoms with E-state index in [1.54, 1.807) is 48.5 Å². The van der Waals surface area contributed by atoms with Gasteiger partial charge < -0.3 is 14.6 Å². The van der Waals surface area contributed by atoms with Crippen molar-refractivity contribution >= 4 is 64.0 Å². The van der Waals surface area contributed by atoms with E-state index >= 15 is 0 Å². The highest BCUT2D eigenvalue weighted by Crippen LogP contribution is 2.57. The predicted molar refractivity (Wildman–Crippen MR) is 147 cm³/mol. The van der Waals surface area contributed by atoms with Gasteiger partial charge in [0, 0.05) is 22.9 Å². The maximum atomic E-state index is 13.1. The van der Waals surface area contributed by atoms with E-state index in [0.29, 0.717) is 56.1 Å². The van der Waals surface area contributed by atoms with Crippen molar-refractivity contribution in [3.05, 3.63) is 58.6 Å². The number of ether oxygens (including phenoxy) is 1. The second-order valence-electron chi connectivity index (χ2n) is 10.8. The summed E-state index contributed by atoms with van der Waals surface area (Å²) in [4.78, 5) is 26.1. The number of carbonyl (C=O) groups excluding carboxylic acids is 2. The van der Waals surface area contributed by atoms with Gasteiger partial charge in [-0.2, -0.15) is 0 Å². The second-order valence-corrected chi connectivity index (χ2v) is 12.9. The summed E-state index contributed by atoms with van der Waals surface area (Å²) >= 11 is 25.2. The van der Waals surface area contributed by atoms with Gasteiger partial charge in [-0.3, -0.25) is 4.79 Å². The molecule has 4 saturated carbocycles. The summed E-state index contributed by atoms with van der Waals surface area (Å²) in [5, 5.41) is 7.61. The average Bonchev–Trinajstić information content (AvgIpc) is 3.33. The molecule has 198 valence electrons. The minimum Gasteiger partial charge on any atom is -0.456 e. The van der Waals surface area contributed by atoms with Crippen molar-refractivity contribution in [2.45, 2.75) is 48.5 Å². The van der Waals surface area contributed by atoms with Gasteiger partial charge in [-0.15, -0.1) is 0 Å². The van der Waals surface area contributed by atoms with E-state index in [9.17, 15) is 9.59 Å². The molecule has 1 aromatic heterocycles. The zero-order chi connectivity index (χ0) is 26.7. The zero-order valence-electron chi connectivity index (χ0n) is 20.2. The van der Waals surface area contributed by atoms with Gasteiger partial charge in [-0.1, -0.05) is 69.8 Å². The molecule has 0 aliphatic heterocycles. The smallest absolute Gasteiger partial charge is 0.353 e. The van der Waals surface area contributed by atoms with Gasteiger partial charge in [0.25, 0.3) is 10.2 Å². The molecule has 3 aromatic rings. The van der Waals surface area contributed by atoms with Crippen LogP contribution < -0.4 is 5.32 Å². The maximum absolute atomic E-state index is 13.1. The van der Waals surface area contributed by atoms with Crippen LogP contribution in [-0.2, 0) is 14.3 Å². The number of esters is 1. The Morgan fingerprint density at radius 2 is 1.55 bits per heavy atom. The lowest BCUT2D eigenvalue weighted by molar-refractivity contribution is -0.187. The molecule has 38 heavy (non-hydrogen) atoms. The summed E-state index contributed by atoms with van der Waals surface area (Å²) in [5.41, 5.74) is 1.46. The molecule has 0 atom stereocenters. The number of nitrogens with zero attached hydrogens (tertiary/aromatic N) is 1. The number of halogens is 4. The van der Waals surface area contributed by atoms with Crippen LogP contribution >= 0.6 is 46.4 Å². The Morgan fingerprint density at radius 3 is 2.18 bits per heavy atom. The van der Waals surface area contributed by atoms with Gasteiger partial charge in [0.05, 0.1) is 10.0 Å². The number of aromatic nitrogens is 1. The molecule has 4 aliphatic rings. The molecule has 10 heteroatoms. The average molecular weight is 594 g/mol. The lowest BCUT2D eigenvalue weighted by Gasteiger charge is -2.55. The highest BCUT2D eigenvalue weighted by Gasteiger charge is 2.56. The van der Waals surface area contributed by atoms with E-state index < -0.39 is 21.8 Å². The minimum absolute atomic E-state index is 0.370. The van der Waals surface area contributed by atoms with Crippen LogP contribution in [0.5, 0.6) is 0 Å². The number of hydrogen-bond acceptors (Lipinski definition) is 5. The highest BCUT2D eigenvalue weighted by atomic mass is 35.5. The molecule has 6 nitrogen and oxygen atoms in total. The summed E-state index contributed by atoms with van der Waals surface area (Å²) in [7, 11) is 0. The number of rotatable bonds is 6. The molecule has 1 N–H and O–H groups in total. The maximum Gasteiger partial charge on any atom is 0.353 e. The van der Waals surface area contributed by atoms with Crippen LogP contribution in [0.1, 0.15) is 38.5 Å². The summed E-state index contributed by atoms with van der Waals surface area (Å²) in [5.74, 6) is 0.321. The topological polar surface area (TPSA) is 81.4 Å². The number of nitrogens with one attached hydrogen (secondary N) is 1. The summed E-state index contributed by atoms with van der Waals surface area (Å²) in [6.07, 6.45) is 6.03. The van der Waals surface area contributed by atoms with Crippen molar-refractivity contribution in [1.29, 1.82) is 0 Å². The molecule has 4 aliphatic carbocycles. The van der Waals surface area contributed by atoms with Crippen molar-refractivity contribution in [3.8, 4) is 22.6 Å². The monoisotopic (exact) mass is 592 g/mol. The summed E-state index contributed by atoms with van der Waals surface area (Å²) in [6.45, 7) is 0. The highest BCUT2D eigenvalue weighted by molar-refractivity contribution is 6.68. The van der Waals surface area contributed by atoms with E-state index in [1.807, 2.05) is 0 Å². The Bertz CT molecular complexity index is 1360. The van der Waals surface area contributed by atoms with Gasteiger partial charge in [0.15, 0.2) is 5.76 Å². The molecule has 4 fully saturated rings. The molecule has 1 amide bonds. The minimum atomic E-state index is -2.39. The molecule has 0 spiro atoms. The third-order valence-electron chi connectivity index (χ3n) is 7.97. The standard InChI is InChI=1S/C28H24Cl4N2O4/c29-20-5-2-6-21(30)24(20)22-11-23(38-34-22)18-3-1-4-19(10-18)33-25(35)28(31,32)26(36)37-27-12-15-7-16(13-27)9-17(8-15)14-27/h1-6,10-11,15-17H,7-9,12-14H2,(H,33,35). The van der Waals surface area contributed by atoms with Gasteiger partial charge in [0.2, 0.25) is 0 Å². The van der Waals surface area contributed by atoms with E-state index in [1.165, 1.54) is 19.3 Å². The van der Waals surface area contributed by atoms with Crippen LogP contribution in [0.25, 0.3) is 22.6 Å². The number of hydrogen-bond donors (Lipinski definition) is 1. The lowest BCUT2D eigenvalue weighted by atomic mass is 9.54. The molecule has 0 radical (unpaired) electrons. The molecule has 1 heterocycles. The fourth-order valence-corrected chi connectivity index (χ4v) is 7.50. The lowest BCUT2D eigenvalue weighted by Crippen LogP contribution is -2.55. The Hall–Kier alpha value is -2.25. The first-order valence-corrected chi connectivity index (χ1v) is 14.1. The molecular weight excluding hydrogens is 570 g/mol. The SMILES string of the molecule is O=C(Nc1cccc(-c2cc(-c3c(Cl)cccc3Cl)no2)c1)C(Cl)(Cl)C(=O)OC12CC3CC(CC(C3)C1)C2. The number of anilines is 1. The third-order valence-corrected chi connectivity index (χ3v) is 9.25. The zero-order valence-corrected chi connectivity index (χ0v) is 23.2. The van der Waals surface area contributed by atoms with Crippen molar-refractivity contribution in [2.24, 2.45) is 17.8 Å². The van der Waals surface area contributed by atoms with Crippen molar-refractivity contribution in [3.63, 3.8) is 0 Å². The Morgan fingerprint density at radius 1 is 0.947 bits per heavy atom. The fourth-order valence-electron chi connectivity index (χ4n) is 6.74. The second kappa shape index (κ2) is 9.74. The van der Waals surface area contributed by atoms with E-state index in [2.05, 4.69) is 10.5 Å². The fraction of sp³-hybridized carbons (Fsp3) is 0.393. The summed E-state index contributed by atoms with van der Waals surface area (Å²) in [6, 6.07) is 13.7. The molecule has 0 saturated heterocycles. The molecule has 2 aromatic carbocycles. The van der Waals surface area contributed by atoms with Crippen molar-refractivity contribution in [1.82, 2.24) is 5.16 Å².